The highest BCUT2D eigenvalue weighted by atomic mass is 35.5. The van der Waals surface area contributed by atoms with Gasteiger partial charge >= 0.3 is 0 Å². The third-order valence-corrected chi connectivity index (χ3v) is 5.53. The number of rotatable bonds is 6. The molecule has 2 heterocycles. The number of carbonyl (C=O) groups excluding carboxylic acids is 2. The fourth-order valence-corrected chi connectivity index (χ4v) is 3.93. The molecule has 3 rings (SSSR count). The molecule has 9 heteroatoms. The Morgan fingerprint density at radius 3 is 2.71 bits per heavy atom. The highest BCUT2D eigenvalue weighted by molar-refractivity contribution is 6.30. The topological polar surface area (TPSA) is 84.2 Å². The quantitative estimate of drug-likeness (QED) is 0.639. The fraction of sp³-hybridized carbons (Fsp3) is 0.500. The predicted octanol–water partition coefficient (Wildman–Crippen LogP) is 2.80. The Morgan fingerprint density at radius 2 is 2.10 bits per heavy atom. The number of benzene rings is 1. The van der Waals surface area contributed by atoms with Gasteiger partial charge in [0.25, 0.3) is 0 Å². The summed E-state index contributed by atoms with van der Waals surface area (Å²) in [5.74, 6) is 0.766. The van der Waals surface area contributed by atoms with E-state index in [0.29, 0.717) is 36.9 Å². The van der Waals surface area contributed by atoms with Gasteiger partial charge in [-0.2, -0.15) is 4.80 Å². The lowest BCUT2D eigenvalue weighted by atomic mass is 10.1. The smallest absolute Gasteiger partial charge is 0.246 e. The SMILES string of the molecule is Cc1nnn(Cc2cc(Cl)ccc2/C=C/C(=O)N(C)CC2CC(=O)N(C(C)(C)C)C2)n1. The second-order valence-corrected chi connectivity index (χ2v) is 9.44. The van der Waals surface area contributed by atoms with Crippen molar-refractivity contribution in [1.82, 2.24) is 30.0 Å². The third-order valence-electron chi connectivity index (χ3n) is 5.30. The van der Waals surface area contributed by atoms with Crippen LogP contribution < -0.4 is 0 Å². The minimum Gasteiger partial charge on any atom is -0.342 e. The molecule has 0 N–H and O–H groups in total. The van der Waals surface area contributed by atoms with Crippen LogP contribution in [0.3, 0.4) is 0 Å². The van der Waals surface area contributed by atoms with Crippen LogP contribution in [0.1, 0.15) is 44.1 Å². The standard InChI is InChI=1S/C22H29ClN6O2/c1-15-24-26-29(25-15)14-18-11-19(23)8-6-17(18)7-9-20(30)27(5)12-16-10-21(31)28(13-16)22(2,3)4/h6-9,11,16H,10,12-14H2,1-5H3/b9-7+. The molecular weight excluding hydrogens is 416 g/mol. The number of likely N-dealkylation sites (N-methyl/N-ethyl adjacent to an activating group) is 1. The van der Waals surface area contributed by atoms with Crippen molar-refractivity contribution in [3.05, 3.63) is 46.2 Å². The summed E-state index contributed by atoms with van der Waals surface area (Å²) >= 11 is 6.16. The van der Waals surface area contributed by atoms with Gasteiger partial charge in [-0.05, 0) is 62.2 Å². The second-order valence-electron chi connectivity index (χ2n) is 9.01. The third kappa shape index (κ3) is 5.91. The number of aromatic nitrogens is 4. The summed E-state index contributed by atoms with van der Waals surface area (Å²) in [5.41, 5.74) is 1.55. The molecule has 1 aromatic heterocycles. The molecule has 0 spiro atoms. The van der Waals surface area contributed by atoms with Crippen molar-refractivity contribution in [2.24, 2.45) is 5.92 Å². The van der Waals surface area contributed by atoms with Crippen LogP contribution in [0.5, 0.6) is 0 Å². The van der Waals surface area contributed by atoms with Crippen LogP contribution in [0, 0.1) is 12.8 Å². The van der Waals surface area contributed by atoms with Gasteiger partial charge in [0.1, 0.15) is 0 Å². The minimum absolute atomic E-state index is 0.114. The molecule has 8 nitrogen and oxygen atoms in total. The van der Waals surface area contributed by atoms with Crippen LogP contribution in [0.15, 0.2) is 24.3 Å². The average Bonchev–Trinajstić information content (AvgIpc) is 3.25. The number of likely N-dealkylation sites (tertiary alicyclic amines) is 1. The molecule has 1 atom stereocenters. The number of tetrazole rings is 1. The molecule has 1 aliphatic rings. The fourth-order valence-electron chi connectivity index (χ4n) is 3.73. The molecule has 0 saturated carbocycles. The van der Waals surface area contributed by atoms with Crippen molar-refractivity contribution in [2.45, 2.75) is 46.2 Å². The number of carbonyl (C=O) groups is 2. The summed E-state index contributed by atoms with van der Waals surface area (Å²) in [6, 6.07) is 5.48. The molecule has 2 amide bonds. The molecule has 1 unspecified atom stereocenters. The monoisotopic (exact) mass is 444 g/mol. The van der Waals surface area contributed by atoms with Gasteiger partial charge in [-0.25, -0.2) is 0 Å². The summed E-state index contributed by atoms with van der Waals surface area (Å²) in [5, 5.41) is 12.7. The zero-order valence-electron chi connectivity index (χ0n) is 18.7. The molecule has 2 aromatic rings. The first-order chi connectivity index (χ1) is 14.5. The summed E-state index contributed by atoms with van der Waals surface area (Å²) in [6.07, 6.45) is 3.80. The maximum atomic E-state index is 12.7. The van der Waals surface area contributed by atoms with E-state index in [2.05, 4.69) is 15.4 Å². The van der Waals surface area contributed by atoms with E-state index in [9.17, 15) is 9.59 Å². The molecule has 0 bridgehead atoms. The Kier molecular flexibility index (Phi) is 6.79. The van der Waals surface area contributed by atoms with Gasteiger partial charge in [0, 0.05) is 49.1 Å². The van der Waals surface area contributed by atoms with Gasteiger partial charge in [0.15, 0.2) is 5.82 Å². The van der Waals surface area contributed by atoms with Crippen LogP contribution in [0.2, 0.25) is 5.02 Å². The summed E-state index contributed by atoms with van der Waals surface area (Å²) in [6.45, 7) is 9.49. The van der Waals surface area contributed by atoms with Crippen molar-refractivity contribution in [3.8, 4) is 0 Å². The Bertz CT molecular complexity index is 994. The lowest BCUT2D eigenvalue weighted by Gasteiger charge is -2.32. The van der Waals surface area contributed by atoms with Crippen LogP contribution >= 0.6 is 11.6 Å². The Morgan fingerprint density at radius 1 is 1.35 bits per heavy atom. The van der Waals surface area contributed by atoms with Gasteiger partial charge in [-0.3, -0.25) is 9.59 Å². The molecule has 31 heavy (non-hydrogen) atoms. The van der Waals surface area contributed by atoms with Crippen LogP contribution in [-0.2, 0) is 16.1 Å². The van der Waals surface area contributed by atoms with E-state index >= 15 is 0 Å². The zero-order chi connectivity index (χ0) is 22.8. The van der Waals surface area contributed by atoms with E-state index in [1.54, 1.807) is 37.1 Å². The maximum Gasteiger partial charge on any atom is 0.246 e. The highest BCUT2D eigenvalue weighted by Crippen LogP contribution is 2.26. The number of amides is 2. The number of hydrogen-bond donors (Lipinski definition) is 0. The van der Waals surface area contributed by atoms with E-state index in [4.69, 9.17) is 11.6 Å². The lowest BCUT2D eigenvalue weighted by Crippen LogP contribution is -2.42. The van der Waals surface area contributed by atoms with Crippen LogP contribution in [0.25, 0.3) is 6.08 Å². The van der Waals surface area contributed by atoms with Crippen molar-refractivity contribution >= 4 is 29.5 Å². The van der Waals surface area contributed by atoms with E-state index in [1.165, 1.54) is 4.80 Å². The summed E-state index contributed by atoms with van der Waals surface area (Å²) in [4.78, 5) is 30.0. The average molecular weight is 445 g/mol. The first-order valence-electron chi connectivity index (χ1n) is 10.3. The zero-order valence-corrected chi connectivity index (χ0v) is 19.4. The Labute approximate surface area is 187 Å². The maximum absolute atomic E-state index is 12.7. The second kappa shape index (κ2) is 9.18. The molecule has 0 aliphatic carbocycles. The van der Waals surface area contributed by atoms with Gasteiger partial charge in [-0.1, -0.05) is 17.7 Å². The Hall–Kier alpha value is -2.74. The van der Waals surface area contributed by atoms with E-state index in [0.717, 1.165) is 11.1 Å². The first kappa shape index (κ1) is 22.9. The van der Waals surface area contributed by atoms with E-state index in [1.807, 2.05) is 37.8 Å². The summed E-state index contributed by atoms with van der Waals surface area (Å²) in [7, 11) is 1.77. The molecule has 166 valence electrons. The largest absolute Gasteiger partial charge is 0.342 e. The minimum atomic E-state index is -0.198. The van der Waals surface area contributed by atoms with E-state index < -0.39 is 0 Å². The van der Waals surface area contributed by atoms with Crippen LogP contribution in [-0.4, -0.2) is 67.5 Å². The van der Waals surface area contributed by atoms with Gasteiger partial charge in [0.05, 0.1) is 6.54 Å². The van der Waals surface area contributed by atoms with Gasteiger partial charge in [-0.15, -0.1) is 10.2 Å². The normalized spacial score (nSPS) is 17.0. The number of nitrogens with zero attached hydrogens (tertiary/aromatic N) is 6. The number of hydrogen-bond acceptors (Lipinski definition) is 5. The molecule has 1 aliphatic heterocycles. The molecule has 0 radical (unpaired) electrons. The van der Waals surface area contributed by atoms with Crippen molar-refractivity contribution in [3.63, 3.8) is 0 Å². The van der Waals surface area contributed by atoms with Gasteiger partial charge in [0.2, 0.25) is 11.8 Å². The van der Waals surface area contributed by atoms with Crippen molar-refractivity contribution in [2.75, 3.05) is 20.1 Å². The van der Waals surface area contributed by atoms with E-state index in [-0.39, 0.29) is 23.3 Å². The van der Waals surface area contributed by atoms with Crippen LogP contribution in [0.4, 0.5) is 0 Å². The van der Waals surface area contributed by atoms with Gasteiger partial charge < -0.3 is 9.80 Å². The number of aryl methyl sites for hydroxylation is 1. The highest BCUT2D eigenvalue weighted by Gasteiger charge is 2.36. The first-order valence-corrected chi connectivity index (χ1v) is 10.7. The predicted molar refractivity (Wildman–Crippen MR) is 119 cm³/mol. The molecular formula is C22H29ClN6O2. The Balaban J connectivity index is 1.65. The van der Waals surface area contributed by atoms with Crippen molar-refractivity contribution in [1.29, 1.82) is 0 Å². The summed E-state index contributed by atoms with van der Waals surface area (Å²) < 4.78 is 0. The molecule has 1 aromatic carbocycles. The molecule has 1 saturated heterocycles. The lowest BCUT2D eigenvalue weighted by molar-refractivity contribution is -0.131. The van der Waals surface area contributed by atoms with Crippen molar-refractivity contribution < 1.29 is 9.59 Å². The number of halogens is 1. The molecule has 1 fully saturated rings.